The highest BCUT2D eigenvalue weighted by atomic mass is 16.7. The van der Waals surface area contributed by atoms with Crippen molar-refractivity contribution in [3.05, 3.63) is 29.3 Å². The monoisotopic (exact) mass is 279 g/mol. The van der Waals surface area contributed by atoms with Crippen LogP contribution in [-0.2, 0) is 23.9 Å². The Morgan fingerprint density at radius 2 is 1.60 bits per heavy atom. The number of hydrogen-bond donors (Lipinski definition) is 1. The van der Waals surface area contributed by atoms with Gasteiger partial charge in [-0.25, -0.2) is 0 Å². The molecule has 0 aromatic heterocycles. The van der Waals surface area contributed by atoms with Crippen LogP contribution in [0.15, 0.2) is 18.2 Å². The van der Waals surface area contributed by atoms with Crippen LogP contribution in [0.25, 0.3) is 0 Å². The first kappa shape index (κ1) is 15.7. The number of carbonyl (C=O) groups is 3. The number of benzene rings is 1. The third-order valence-electron chi connectivity index (χ3n) is 2.40. The highest BCUT2D eigenvalue weighted by molar-refractivity contribution is 5.95. The molecule has 0 heterocycles. The van der Waals surface area contributed by atoms with Crippen molar-refractivity contribution in [1.29, 1.82) is 0 Å². The molecule has 108 valence electrons. The van der Waals surface area contributed by atoms with Crippen molar-refractivity contribution >= 4 is 23.5 Å². The second-order valence-electron chi connectivity index (χ2n) is 4.36. The number of carbonyl (C=O) groups excluding carboxylic acids is 3. The summed E-state index contributed by atoms with van der Waals surface area (Å²) in [5.74, 6) is -2.15. The lowest BCUT2D eigenvalue weighted by Gasteiger charge is -2.17. The summed E-state index contributed by atoms with van der Waals surface area (Å²) in [6, 6.07) is 5.44. The second-order valence-corrected chi connectivity index (χ2v) is 4.36. The van der Waals surface area contributed by atoms with Crippen molar-refractivity contribution in [1.82, 2.24) is 0 Å². The van der Waals surface area contributed by atoms with E-state index in [2.05, 4.69) is 14.8 Å². The first-order valence-electron chi connectivity index (χ1n) is 6.02. The van der Waals surface area contributed by atoms with Crippen molar-refractivity contribution < 1.29 is 23.9 Å². The molecule has 20 heavy (non-hydrogen) atoms. The highest BCUT2D eigenvalue weighted by Gasteiger charge is 2.25. The van der Waals surface area contributed by atoms with Crippen LogP contribution in [0.4, 0.5) is 5.69 Å². The van der Waals surface area contributed by atoms with E-state index in [0.29, 0.717) is 5.69 Å². The number of nitrogens with one attached hydrogen (secondary N) is 1. The van der Waals surface area contributed by atoms with Crippen molar-refractivity contribution in [2.24, 2.45) is 0 Å². The molecule has 0 saturated carbocycles. The molecular formula is C14H17NO5. The predicted octanol–water partition coefficient (Wildman–Crippen LogP) is 1.69. The lowest BCUT2D eigenvalue weighted by molar-refractivity contribution is -0.188. The van der Waals surface area contributed by atoms with Gasteiger partial charge in [0.2, 0.25) is 0 Å². The van der Waals surface area contributed by atoms with E-state index in [1.54, 1.807) is 6.07 Å². The molecule has 0 aliphatic rings. The number of amides is 1. The van der Waals surface area contributed by atoms with Crippen LogP contribution in [0.3, 0.4) is 0 Å². The molecule has 0 unspecified atom stereocenters. The fourth-order valence-electron chi connectivity index (χ4n) is 1.58. The van der Waals surface area contributed by atoms with Gasteiger partial charge in [0.25, 0.3) is 0 Å². The Morgan fingerprint density at radius 3 is 2.05 bits per heavy atom. The minimum Gasteiger partial charge on any atom is -0.416 e. The van der Waals surface area contributed by atoms with Gasteiger partial charge in [-0.15, -0.1) is 0 Å². The van der Waals surface area contributed by atoms with Crippen LogP contribution in [-0.4, -0.2) is 24.1 Å². The molecule has 0 aliphatic carbocycles. The number of ether oxygens (including phenoxy) is 2. The number of rotatable bonds is 4. The van der Waals surface area contributed by atoms with Crippen LogP contribution in [0.2, 0.25) is 0 Å². The van der Waals surface area contributed by atoms with Crippen LogP contribution < -0.4 is 5.32 Å². The van der Waals surface area contributed by atoms with Gasteiger partial charge in [0.1, 0.15) is 0 Å². The first-order valence-corrected chi connectivity index (χ1v) is 6.02. The fraction of sp³-hybridized carbons (Fsp3) is 0.357. The SMILES string of the molecule is CC(=O)OC(OC(C)=O)C(=O)Nc1ccc(C)cc1C. The van der Waals surface area contributed by atoms with E-state index in [4.69, 9.17) is 0 Å². The summed E-state index contributed by atoms with van der Waals surface area (Å²) < 4.78 is 9.33. The summed E-state index contributed by atoms with van der Waals surface area (Å²) in [6.07, 6.45) is -1.59. The Balaban J connectivity index is 2.84. The van der Waals surface area contributed by atoms with E-state index >= 15 is 0 Å². The molecule has 0 spiro atoms. The van der Waals surface area contributed by atoms with Gasteiger partial charge in [-0.05, 0) is 25.5 Å². The van der Waals surface area contributed by atoms with Crippen LogP contribution >= 0.6 is 0 Å². The predicted molar refractivity (Wildman–Crippen MR) is 71.9 cm³/mol. The summed E-state index contributed by atoms with van der Waals surface area (Å²) in [5.41, 5.74) is 2.46. The largest absolute Gasteiger partial charge is 0.416 e. The maximum atomic E-state index is 12.0. The van der Waals surface area contributed by atoms with Gasteiger partial charge in [-0.1, -0.05) is 17.7 Å². The lowest BCUT2D eigenvalue weighted by atomic mass is 10.1. The van der Waals surface area contributed by atoms with Crippen LogP contribution in [0.1, 0.15) is 25.0 Å². The molecule has 0 atom stereocenters. The molecule has 1 aromatic rings. The van der Waals surface area contributed by atoms with Gasteiger partial charge < -0.3 is 14.8 Å². The molecule has 6 nitrogen and oxygen atoms in total. The summed E-state index contributed by atoms with van der Waals surface area (Å²) in [5, 5.41) is 2.55. The van der Waals surface area contributed by atoms with Gasteiger partial charge in [0.05, 0.1) is 0 Å². The van der Waals surface area contributed by atoms with E-state index in [-0.39, 0.29) is 0 Å². The quantitative estimate of drug-likeness (QED) is 0.670. The summed E-state index contributed by atoms with van der Waals surface area (Å²) in [4.78, 5) is 33.8. The lowest BCUT2D eigenvalue weighted by Crippen LogP contribution is -2.35. The van der Waals surface area contributed by atoms with Crippen LogP contribution in [0, 0.1) is 13.8 Å². The maximum Gasteiger partial charge on any atom is 0.326 e. The molecular weight excluding hydrogens is 262 g/mol. The maximum absolute atomic E-state index is 12.0. The molecule has 1 N–H and O–H groups in total. The molecule has 0 aliphatic heterocycles. The van der Waals surface area contributed by atoms with Crippen molar-refractivity contribution in [3.63, 3.8) is 0 Å². The van der Waals surface area contributed by atoms with Gasteiger partial charge >= 0.3 is 24.1 Å². The summed E-state index contributed by atoms with van der Waals surface area (Å²) in [6.45, 7) is 6.01. The second kappa shape index (κ2) is 6.70. The number of aryl methyl sites for hydroxylation is 2. The van der Waals surface area contributed by atoms with E-state index in [0.717, 1.165) is 25.0 Å². The summed E-state index contributed by atoms with van der Waals surface area (Å²) in [7, 11) is 0. The number of anilines is 1. The number of hydrogen-bond acceptors (Lipinski definition) is 5. The van der Waals surface area contributed by atoms with Gasteiger partial charge in [-0.2, -0.15) is 0 Å². The molecule has 0 fully saturated rings. The zero-order valence-corrected chi connectivity index (χ0v) is 11.9. The fourth-order valence-corrected chi connectivity index (χ4v) is 1.58. The van der Waals surface area contributed by atoms with Gasteiger partial charge in [0.15, 0.2) is 0 Å². The molecule has 1 rings (SSSR count). The topological polar surface area (TPSA) is 81.7 Å². The van der Waals surface area contributed by atoms with E-state index < -0.39 is 24.1 Å². The standard InChI is InChI=1S/C14H17NO5/c1-8-5-6-12(9(2)7-8)15-13(18)14(19-10(3)16)20-11(4)17/h5-7,14H,1-4H3,(H,15,18). The molecule has 1 aromatic carbocycles. The van der Waals surface area contributed by atoms with E-state index in [1.165, 1.54) is 0 Å². The van der Waals surface area contributed by atoms with Crippen molar-refractivity contribution in [2.45, 2.75) is 34.0 Å². The molecule has 6 heteroatoms. The normalized spacial score (nSPS) is 10.1. The van der Waals surface area contributed by atoms with E-state index in [1.807, 2.05) is 26.0 Å². The average Bonchev–Trinajstić information content (AvgIpc) is 2.30. The average molecular weight is 279 g/mol. The van der Waals surface area contributed by atoms with Gasteiger partial charge in [0, 0.05) is 19.5 Å². The Bertz CT molecular complexity index is 522. The molecule has 0 radical (unpaired) electrons. The Labute approximate surface area is 117 Å². The Hall–Kier alpha value is -2.37. The van der Waals surface area contributed by atoms with Crippen molar-refractivity contribution in [2.75, 3.05) is 5.32 Å². The van der Waals surface area contributed by atoms with Crippen molar-refractivity contribution in [3.8, 4) is 0 Å². The zero-order chi connectivity index (χ0) is 15.3. The van der Waals surface area contributed by atoms with Gasteiger partial charge in [-0.3, -0.25) is 14.4 Å². The molecule has 0 bridgehead atoms. The molecule has 1 amide bonds. The van der Waals surface area contributed by atoms with Crippen LogP contribution in [0.5, 0.6) is 0 Å². The Kier molecular flexibility index (Phi) is 5.25. The highest BCUT2D eigenvalue weighted by Crippen LogP contribution is 2.16. The number of esters is 2. The first-order chi connectivity index (χ1) is 9.29. The minimum atomic E-state index is -1.59. The van der Waals surface area contributed by atoms with E-state index in [9.17, 15) is 14.4 Å². The minimum absolute atomic E-state index is 0.560. The third kappa shape index (κ3) is 4.72. The Morgan fingerprint density at radius 1 is 1.05 bits per heavy atom. The third-order valence-corrected chi connectivity index (χ3v) is 2.40. The smallest absolute Gasteiger partial charge is 0.326 e. The zero-order valence-electron chi connectivity index (χ0n) is 11.9. The molecule has 0 saturated heterocycles. The summed E-state index contributed by atoms with van der Waals surface area (Å²) >= 11 is 0.